The van der Waals surface area contributed by atoms with E-state index in [1.54, 1.807) is 53.7 Å². The largest absolute Gasteiger partial charge is 0.415 e. The van der Waals surface area contributed by atoms with E-state index in [0.717, 1.165) is 0 Å². The summed E-state index contributed by atoms with van der Waals surface area (Å²) in [6.45, 7) is 6.12. The molecule has 2 aromatic rings. The van der Waals surface area contributed by atoms with Gasteiger partial charge < -0.3 is 9.64 Å². The number of ketones is 1. The number of amides is 1. The minimum Gasteiger partial charge on any atom is -0.409 e. The molecule has 0 heterocycles. The van der Waals surface area contributed by atoms with E-state index >= 15 is 0 Å². The third-order valence-corrected chi connectivity index (χ3v) is 3.81. The minimum atomic E-state index is -0.520. The second-order valence-electron chi connectivity index (χ2n) is 5.72. The molecule has 2 aromatic carbocycles. The van der Waals surface area contributed by atoms with Crippen molar-refractivity contribution in [2.75, 3.05) is 6.54 Å². The Morgan fingerprint density at radius 3 is 2.24 bits per heavy atom. The van der Waals surface area contributed by atoms with Gasteiger partial charge in [0.05, 0.1) is 5.56 Å². The maximum atomic E-state index is 12.8. The van der Waals surface area contributed by atoms with Gasteiger partial charge in [0.15, 0.2) is 5.78 Å². The van der Waals surface area contributed by atoms with Gasteiger partial charge in [0.1, 0.15) is 5.75 Å². The van der Waals surface area contributed by atoms with E-state index < -0.39 is 11.9 Å². The van der Waals surface area contributed by atoms with Gasteiger partial charge in [-0.2, -0.15) is 0 Å². The Morgan fingerprint density at radius 1 is 1.04 bits per heavy atom. The standard InChI is InChI=1S/C20H20NO4/c1-4-21(14(2)3)20(24)25-18-12-8-7-11-17(18)19(23)16-10-6-5-9-15(16)13-22/h5-12,14H,4H2,1-3H3. The Balaban J connectivity index is 2.36. The summed E-state index contributed by atoms with van der Waals surface area (Å²) in [5.74, 6) is -0.229. The molecular formula is C20H20NO4. The molecule has 1 amide bonds. The van der Waals surface area contributed by atoms with Crippen molar-refractivity contribution in [3.63, 3.8) is 0 Å². The van der Waals surface area contributed by atoms with Crippen LogP contribution in [0, 0.1) is 0 Å². The molecule has 129 valence electrons. The average molecular weight is 338 g/mol. The lowest BCUT2D eigenvalue weighted by Gasteiger charge is -2.24. The van der Waals surface area contributed by atoms with Gasteiger partial charge in [-0.3, -0.25) is 9.59 Å². The van der Waals surface area contributed by atoms with Crippen molar-refractivity contribution in [1.82, 2.24) is 4.90 Å². The zero-order valence-electron chi connectivity index (χ0n) is 14.5. The van der Waals surface area contributed by atoms with E-state index in [9.17, 15) is 14.4 Å². The highest BCUT2D eigenvalue weighted by Crippen LogP contribution is 2.23. The van der Waals surface area contributed by atoms with Crippen molar-refractivity contribution in [2.24, 2.45) is 0 Å². The first-order valence-corrected chi connectivity index (χ1v) is 8.09. The fourth-order valence-corrected chi connectivity index (χ4v) is 2.52. The summed E-state index contributed by atoms with van der Waals surface area (Å²) in [4.78, 5) is 37.8. The number of carbonyl (C=O) groups excluding carboxylic acids is 3. The van der Waals surface area contributed by atoms with E-state index in [2.05, 4.69) is 0 Å². The molecule has 0 N–H and O–H groups in total. The maximum absolute atomic E-state index is 12.8. The van der Waals surface area contributed by atoms with Crippen LogP contribution in [0.3, 0.4) is 0 Å². The van der Waals surface area contributed by atoms with E-state index in [1.165, 1.54) is 6.07 Å². The quantitative estimate of drug-likeness (QED) is 0.755. The van der Waals surface area contributed by atoms with Crippen molar-refractivity contribution in [2.45, 2.75) is 26.8 Å². The van der Waals surface area contributed by atoms with Crippen LogP contribution in [0.15, 0.2) is 48.5 Å². The molecule has 5 heteroatoms. The molecule has 25 heavy (non-hydrogen) atoms. The zero-order valence-corrected chi connectivity index (χ0v) is 14.5. The molecule has 0 atom stereocenters. The molecule has 1 radical (unpaired) electrons. The molecule has 0 aromatic heterocycles. The third kappa shape index (κ3) is 4.12. The Kier molecular flexibility index (Phi) is 6.06. The van der Waals surface area contributed by atoms with Crippen LogP contribution in [0.2, 0.25) is 0 Å². The van der Waals surface area contributed by atoms with Crippen LogP contribution in [0.5, 0.6) is 5.75 Å². The summed E-state index contributed by atoms with van der Waals surface area (Å²) in [7, 11) is 0. The predicted molar refractivity (Wildman–Crippen MR) is 94.7 cm³/mol. The number of para-hydroxylation sites is 1. The summed E-state index contributed by atoms with van der Waals surface area (Å²) in [5.41, 5.74) is 0.613. The van der Waals surface area contributed by atoms with Gasteiger partial charge in [0, 0.05) is 23.7 Å². The van der Waals surface area contributed by atoms with Crippen molar-refractivity contribution in [1.29, 1.82) is 0 Å². The molecule has 0 bridgehead atoms. The Bertz CT molecular complexity index is 783. The highest BCUT2D eigenvalue weighted by atomic mass is 16.6. The van der Waals surface area contributed by atoms with E-state index in [0.29, 0.717) is 6.54 Å². The topological polar surface area (TPSA) is 63.7 Å². The maximum Gasteiger partial charge on any atom is 0.415 e. The number of rotatable bonds is 6. The van der Waals surface area contributed by atoms with Gasteiger partial charge in [-0.05, 0) is 32.9 Å². The van der Waals surface area contributed by atoms with Crippen LogP contribution in [-0.4, -0.2) is 35.6 Å². The summed E-state index contributed by atoms with van der Waals surface area (Å²) >= 11 is 0. The normalized spacial score (nSPS) is 10.4. The summed E-state index contributed by atoms with van der Waals surface area (Å²) < 4.78 is 5.44. The van der Waals surface area contributed by atoms with E-state index in [-0.39, 0.29) is 28.5 Å². The van der Waals surface area contributed by atoms with Crippen LogP contribution in [0.25, 0.3) is 0 Å². The molecule has 0 aliphatic rings. The molecule has 2 rings (SSSR count). The molecule has 0 aliphatic carbocycles. The summed E-state index contributed by atoms with van der Waals surface area (Å²) in [6.07, 6.45) is 1.24. The number of hydrogen-bond acceptors (Lipinski definition) is 4. The Morgan fingerprint density at radius 2 is 1.64 bits per heavy atom. The molecule has 0 fully saturated rings. The number of ether oxygens (including phenoxy) is 1. The monoisotopic (exact) mass is 338 g/mol. The van der Waals surface area contributed by atoms with Gasteiger partial charge in [0.2, 0.25) is 6.29 Å². The number of carbonyl (C=O) groups is 2. The fourth-order valence-electron chi connectivity index (χ4n) is 2.52. The van der Waals surface area contributed by atoms with Gasteiger partial charge in [-0.25, -0.2) is 4.79 Å². The minimum absolute atomic E-state index is 0.0225. The second kappa shape index (κ2) is 8.24. The Hall–Kier alpha value is -2.95. The molecule has 0 unspecified atom stereocenters. The number of nitrogens with zero attached hydrogens (tertiary/aromatic N) is 1. The van der Waals surface area contributed by atoms with Crippen LogP contribution < -0.4 is 4.74 Å². The smallest absolute Gasteiger partial charge is 0.409 e. The Labute approximate surface area is 147 Å². The molecule has 0 spiro atoms. The van der Waals surface area contributed by atoms with Crippen LogP contribution in [-0.2, 0) is 4.79 Å². The number of benzene rings is 2. The first-order valence-electron chi connectivity index (χ1n) is 8.09. The third-order valence-electron chi connectivity index (χ3n) is 3.81. The molecule has 5 nitrogen and oxygen atoms in total. The van der Waals surface area contributed by atoms with Crippen LogP contribution >= 0.6 is 0 Å². The fraction of sp³-hybridized carbons (Fsp3) is 0.250. The summed E-state index contributed by atoms with van der Waals surface area (Å²) in [5, 5.41) is 0. The van der Waals surface area contributed by atoms with Crippen molar-refractivity contribution >= 4 is 18.2 Å². The van der Waals surface area contributed by atoms with Crippen molar-refractivity contribution in [3.8, 4) is 5.75 Å². The highest BCUT2D eigenvalue weighted by Gasteiger charge is 2.22. The second-order valence-corrected chi connectivity index (χ2v) is 5.72. The van der Waals surface area contributed by atoms with Gasteiger partial charge in [-0.15, -0.1) is 0 Å². The van der Waals surface area contributed by atoms with Crippen LogP contribution in [0.1, 0.15) is 42.3 Å². The first-order chi connectivity index (χ1) is 12.0. The lowest BCUT2D eigenvalue weighted by molar-refractivity contribution is 0.103. The van der Waals surface area contributed by atoms with Gasteiger partial charge in [-0.1, -0.05) is 36.4 Å². The van der Waals surface area contributed by atoms with Gasteiger partial charge in [0.25, 0.3) is 0 Å². The zero-order chi connectivity index (χ0) is 18.4. The lowest BCUT2D eigenvalue weighted by atomic mass is 9.98. The predicted octanol–water partition coefficient (Wildman–Crippen LogP) is 3.60. The van der Waals surface area contributed by atoms with Crippen molar-refractivity contribution in [3.05, 3.63) is 65.2 Å². The lowest BCUT2D eigenvalue weighted by Crippen LogP contribution is -2.38. The molecular weight excluding hydrogens is 318 g/mol. The molecule has 0 aliphatic heterocycles. The van der Waals surface area contributed by atoms with E-state index in [4.69, 9.17) is 4.74 Å². The van der Waals surface area contributed by atoms with Crippen LogP contribution in [0.4, 0.5) is 4.79 Å². The first kappa shape index (κ1) is 18.4. The average Bonchev–Trinajstić information content (AvgIpc) is 2.61. The highest BCUT2D eigenvalue weighted by molar-refractivity contribution is 6.14. The SMILES string of the molecule is CCN(C(=O)Oc1ccccc1C(=O)c1ccccc1[C]=O)C(C)C. The van der Waals surface area contributed by atoms with Crippen molar-refractivity contribution < 1.29 is 19.1 Å². The number of hydrogen-bond donors (Lipinski definition) is 0. The van der Waals surface area contributed by atoms with E-state index in [1.807, 2.05) is 20.8 Å². The summed E-state index contributed by atoms with van der Waals surface area (Å²) in [6, 6.07) is 12.9. The molecule has 0 saturated heterocycles. The van der Waals surface area contributed by atoms with Gasteiger partial charge >= 0.3 is 6.09 Å². The molecule has 0 saturated carbocycles.